The maximum absolute atomic E-state index is 11.9. The Morgan fingerprint density at radius 2 is 1.42 bits per heavy atom. The molecule has 1 unspecified atom stereocenters. The molecule has 1 amide bonds. The zero-order valence-corrected chi connectivity index (χ0v) is 20.7. The number of hydrogen-bond donors (Lipinski definition) is 10. The Labute approximate surface area is 217 Å². The summed E-state index contributed by atoms with van der Waals surface area (Å²) in [6, 6.07) is -1.19. The van der Waals surface area contributed by atoms with Crippen molar-refractivity contribution in [1.82, 2.24) is 5.32 Å². The Kier molecular flexibility index (Phi) is 11.1. The van der Waals surface area contributed by atoms with Crippen molar-refractivity contribution in [2.45, 2.75) is 99.0 Å². The molecule has 0 aromatic rings. The van der Waals surface area contributed by atoms with Crippen molar-refractivity contribution in [2.24, 2.45) is 0 Å². The van der Waals surface area contributed by atoms with Crippen molar-refractivity contribution in [3.8, 4) is 0 Å². The summed E-state index contributed by atoms with van der Waals surface area (Å²) in [5.74, 6) is -0.563. The molecule has 15 atom stereocenters. The fourth-order valence-corrected chi connectivity index (χ4v) is 4.72. The number of aliphatic hydroxyl groups excluding tert-OH is 9. The normalized spacial score (nSPS) is 46.6. The molecule has 0 bridgehead atoms. The van der Waals surface area contributed by atoms with Gasteiger partial charge < -0.3 is 79.7 Å². The molecule has 10 N–H and O–H groups in total. The summed E-state index contributed by atoms with van der Waals surface area (Å²) in [6.45, 7) is -1.06. The van der Waals surface area contributed by atoms with Gasteiger partial charge >= 0.3 is 0 Å². The molecular formula is C21H37NO16. The van der Waals surface area contributed by atoms with Gasteiger partial charge in [-0.2, -0.15) is 0 Å². The fraction of sp³-hybridized carbons (Fsp3) is 0.952. The second kappa shape index (κ2) is 13.5. The summed E-state index contributed by atoms with van der Waals surface area (Å²) in [7, 11) is 1.24. The number of ether oxygens (including phenoxy) is 6. The highest BCUT2D eigenvalue weighted by Crippen LogP contribution is 2.34. The Morgan fingerprint density at radius 1 is 0.816 bits per heavy atom. The molecule has 3 saturated heterocycles. The first-order chi connectivity index (χ1) is 18.0. The summed E-state index contributed by atoms with van der Waals surface area (Å²) in [6.07, 6.45) is -21.8. The van der Waals surface area contributed by atoms with Gasteiger partial charge in [0, 0.05) is 14.0 Å². The second-order valence-corrected chi connectivity index (χ2v) is 9.28. The quantitative estimate of drug-likeness (QED) is 0.119. The molecule has 3 rings (SSSR count). The first-order valence-corrected chi connectivity index (χ1v) is 12.0. The molecule has 0 saturated carbocycles. The van der Waals surface area contributed by atoms with Crippen LogP contribution in [0.2, 0.25) is 0 Å². The van der Waals surface area contributed by atoms with Crippen molar-refractivity contribution < 1.29 is 79.2 Å². The third kappa shape index (κ3) is 6.43. The van der Waals surface area contributed by atoms with Crippen LogP contribution in [0.15, 0.2) is 0 Å². The van der Waals surface area contributed by atoms with E-state index in [9.17, 15) is 50.8 Å². The van der Waals surface area contributed by atoms with E-state index in [2.05, 4.69) is 5.32 Å². The molecule has 0 spiro atoms. The lowest BCUT2D eigenvalue weighted by Crippen LogP contribution is -2.66. The van der Waals surface area contributed by atoms with Gasteiger partial charge in [0.05, 0.1) is 19.8 Å². The lowest BCUT2D eigenvalue weighted by molar-refractivity contribution is -0.342. The number of carbonyl (C=O) groups is 1. The molecule has 3 heterocycles. The number of methoxy groups -OCH3 is 1. The van der Waals surface area contributed by atoms with Crippen molar-refractivity contribution in [2.75, 3.05) is 26.9 Å². The highest BCUT2D eigenvalue weighted by atomic mass is 16.8. The summed E-state index contributed by atoms with van der Waals surface area (Å²) in [5.41, 5.74) is 0. The average Bonchev–Trinajstić information content (AvgIpc) is 3.19. The van der Waals surface area contributed by atoms with E-state index < -0.39 is 118 Å². The first-order valence-electron chi connectivity index (χ1n) is 12.0. The van der Waals surface area contributed by atoms with Gasteiger partial charge in [0.15, 0.2) is 18.9 Å². The topological polar surface area (TPSA) is 267 Å². The summed E-state index contributed by atoms with van der Waals surface area (Å²) < 4.78 is 32.9. The van der Waals surface area contributed by atoms with E-state index in [0.29, 0.717) is 0 Å². The van der Waals surface area contributed by atoms with Crippen LogP contribution in [0.25, 0.3) is 0 Å². The zero-order chi connectivity index (χ0) is 28.3. The van der Waals surface area contributed by atoms with E-state index in [4.69, 9.17) is 28.4 Å². The van der Waals surface area contributed by atoms with Crippen LogP contribution < -0.4 is 5.32 Å². The van der Waals surface area contributed by atoms with Crippen LogP contribution in [-0.2, 0) is 33.2 Å². The van der Waals surface area contributed by atoms with E-state index in [1.54, 1.807) is 0 Å². The van der Waals surface area contributed by atoms with Gasteiger partial charge in [-0.1, -0.05) is 0 Å². The molecule has 17 nitrogen and oxygen atoms in total. The Balaban J connectivity index is 1.88. The summed E-state index contributed by atoms with van der Waals surface area (Å²) in [4.78, 5) is 11.9. The largest absolute Gasteiger partial charge is 0.394 e. The lowest BCUT2D eigenvalue weighted by Gasteiger charge is -2.45. The third-order valence-corrected chi connectivity index (χ3v) is 6.72. The van der Waals surface area contributed by atoms with Crippen molar-refractivity contribution in [3.05, 3.63) is 0 Å². The van der Waals surface area contributed by atoms with Crippen molar-refractivity contribution >= 4 is 5.91 Å². The molecule has 3 fully saturated rings. The number of carbonyl (C=O) groups excluding carboxylic acids is 1. The molecular weight excluding hydrogens is 522 g/mol. The SMILES string of the molecule is CO[C@H]1[C@H](O)[C@@H](CO)O[C@H](O[C@H]2[C@@H](O[C@H]3C(O)O[C@H](CO)[C@H](O)[C@@H]3O)O[C@@H]([C@H](O)CO)[C@@H]2O)[C@@H]1NC(C)=O. The van der Waals surface area contributed by atoms with E-state index in [1.165, 1.54) is 14.0 Å². The standard InChI is InChI=1S/C21H37NO16/c1-6(26)22-10-16(33-2)12(29)9(5-25)35-20(10)38-18-14(31)15(7(27)3-23)36-21(18)37-17-13(30)11(28)8(4-24)34-19(17)32/h7-21,23-25,27-32H,3-5H2,1-2H3,(H,22,26)/t7-,8-,9-,10-,11+,12-,13+,14+,15+,16-,17-,18-,19?,20-,21-/m1/s1. The smallest absolute Gasteiger partial charge is 0.217 e. The predicted octanol–water partition coefficient (Wildman–Crippen LogP) is -6.78. The molecule has 3 aliphatic heterocycles. The number of aliphatic hydroxyl groups is 9. The highest BCUT2D eigenvalue weighted by Gasteiger charge is 2.55. The Morgan fingerprint density at radius 3 is 1.97 bits per heavy atom. The highest BCUT2D eigenvalue weighted by molar-refractivity contribution is 5.73. The van der Waals surface area contributed by atoms with Gasteiger partial charge in [-0.05, 0) is 0 Å². The van der Waals surface area contributed by atoms with Crippen LogP contribution >= 0.6 is 0 Å². The number of nitrogens with one attached hydrogen (secondary N) is 1. The van der Waals surface area contributed by atoms with Crippen LogP contribution in [0.5, 0.6) is 0 Å². The zero-order valence-electron chi connectivity index (χ0n) is 20.7. The van der Waals surface area contributed by atoms with Gasteiger partial charge in [-0.15, -0.1) is 0 Å². The number of amides is 1. The minimum Gasteiger partial charge on any atom is -0.394 e. The summed E-state index contributed by atoms with van der Waals surface area (Å²) >= 11 is 0. The van der Waals surface area contributed by atoms with Gasteiger partial charge in [0.2, 0.25) is 5.91 Å². The molecule has 38 heavy (non-hydrogen) atoms. The maximum Gasteiger partial charge on any atom is 0.217 e. The van der Waals surface area contributed by atoms with Crippen LogP contribution in [-0.4, -0.2) is 171 Å². The number of hydrogen-bond acceptors (Lipinski definition) is 16. The van der Waals surface area contributed by atoms with E-state index in [0.717, 1.165) is 0 Å². The molecule has 0 radical (unpaired) electrons. The molecule has 0 aliphatic carbocycles. The van der Waals surface area contributed by atoms with Crippen LogP contribution in [0.1, 0.15) is 6.92 Å². The maximum atomic E-state index is 11.9. The van der Waals surface area contributed by atoms with Gasteiger partial charge in [0.1, 0.15) is 73.2 Å². The van der Waals surface area contributed by atoms with Gasteiger partial charge in [0.25, 0.3) is 0 Å². The Hall–Kier alpha value is -1.13. The van der Waals surface area contributed by atoms with Gasteiger partial charge in [-0.25, -0.2) is 0 Å². The van der Waals surface area contributed by atoms with Crippen molar-refractivity contribution in [1.29, 1.82) is 0 Å². The molecule has 222 valence electrons. The van der Waals surface area contributed by atoms with Crippen LogP contribution in [0.4, 0.5) is 0 Å². The minimum atomic E-state index is -1.88. The summed E-state index contributed by atoms with van der Waals surface area (Å²) in [5, 5.41) is 93.3. The van der Waals surface area contributed by atoms with E-state index in [-0.39, 0.29) is 0 Å². The van der Waals surface area contributed by atoms with Gasteiger partial charge in [-0.3, -0.25) is 4.79 Å². The first kappa shape index (κ1) is 31.4. The van der Waals surface area contributed by atoms with Crippen molar-refractivity contribution in [3.63, 3.8) is 0 Å². The predicted molar refractivity (Wildman–Crippen MR) is 118 cm³/mol. The second-order valence-electron chi connectivity index (χ2n) is 9.28. The van der Waals surface area contributed by atoms with E-state index in [1.807, 2.05) is 0 Å². The Bertz CT molecular complexity index is 763. The average molecular weight is 560 g/mol. The van der Waals surface area contributed by atoms with E-state index >= 15 is 0 Å². The number of rotatable bonds is 10. The fourth-order valence-electron chi connectivity index (χ4n) is 4.72. The molecule has 0 aromatic carbocycles. The molecule has 0 aromatic heterocycles. The molecule has 3 aliphatic rings. The minimum absolute atomic E-state index is 0.563. The molecule has 17 heteroatoms. The monoisotopic (exact) mass is 559 g/mol. The van der Waals surface area contributed by atoms with Crippen LogP contribution in [0.3, 0.4) is 0 Å². The van der Waals surface area contributed by atoms with Crippen LogP contribution in [0, 0.1) is 0 Å². The lowest BCUT2D eigenvalue weighted by atomic mass is 9.96. The third-order valence-electron chi connectivity index (χ3n) is 6.72.